The SMILES string of the molecule is Cc1cscn1.Cc1ncsc1C(O)c1ccc(Cl)cc1. The number of aliphatic hydroxyl groups excluding tert-OH is 1. The average Bonchev–Trinajstić information content (AvgIpc) is 3.11. The van der Waals surface area contributed by atoms with Gasteiger partial charge in [-0.05, 0) is 31.5 Å². The van der Waals surface area contributed by atoms with Gasteiger partial charge >= 0.3 is 0 Å². The third kappa shape index (κ3) is 4.61. The van der Waals surface area contributed by atoms with Crippen molar-refractivity contribution in [3.05, 3.63) is 67.5 Å². The first-order chi connectivity index (χ1) is 10.1. The molecule has 1 unspecified atom stereocenters. The molecule has 3 rings (SSSR count). The molecule has 21 heavy (non-hydrogen) atoms. The Bertz CT molecular complexity index is 665. The van der Waals surface area contributed by atoms with E-state index in [0.29, 0.717) is 5.02 Å². The molecule has 0 amide bonds. The standard InChI is InChI=1S/C11H10ClNOS.C4H5NS/c1-7-11(15-6-13-7)10(14)8-2-4-9(12)5-3-8;1-4-2-6-3-5-4/h2-6,10,14H,1H3;2-3H,1H3. The summed E-state index contributed by atoms with van der Waals surface area (Å²) in [6.07, 6.45) is -0.602. The van der Waals surface area contributed by atoms with Gasteiger partial charge in [0.05, 0.1) is 21.6 Å². The molecule has 0 aliphatic heterocycles. The summed E-state index contributed by atoms with van der Waals surface area (Å²) in [5.74, 6) is 0. The molecule has 110 valence electrons. The lowest BCUT2D eigenvalue weighted by molar-refractivity contribution is 0.223. The quantitative estimate of drug-likeness (QED) is 0.740. The summed E-state index contributed by atoms with van der Waals surface area (Å²) < 4.78 is 0. The number of thiazole rings is 2. The normalized spacial score (nSPS) is 11.6. The molecule has 0 aliphatic rings. The van der Waals surface area contributed by atoms with Crippen LogP contribution in [0.1, 0.15) is 27.9 Å². The van der Waals surface area contributed by atoms with Gasteiger partial charge in [0.1, 0.15) is 6.10 Å². The van der Waals surface area contributed by atoms with Gasteiger partial charge in [-0.2, -0.15) is 0 Å². The Morgan fingerprint density at radius 1 is 1.10 bits per heavy atom. The molecular formula is C15H15ClN2OS2. The van der Waals surface area contributed by atoms with Crippen LogP contribution in [0, 0.1) is 13.8 Å². The van der Waals surface area contributed by atoms with Gasteiger partial charge in [0.25, 0.3) is 0 Å². The molecule has 2 aromatic heterocycles. The monoisotopic (exact) mass is 338 g/mol. The lowest BCUT2D eigenvalue weighted by Crippen LogP contribution is -1.98. The smallest absolute Gasteiger partial charge is 0.115 e. The lowest BCUT2D eigenvalue weighted by Gasteiger charge is -2.09. The Hall–Kier alpha value is -1.27. The molecule has 0 saturated carbocycles. The molecule has 0 bridgehead atoms. The van der Waals surface area contributed by atoms with Gasteiger partial charge in [-0.3, -0.25) is 4.98 Å². The molecule has 0 aliphatic carbocycles. The first kappa shape index (κ1) is 16.1. The highest BCUT2D eigenvalue weighted by molar-refractivity contribution is 7.09. The number of aromatic nitrogens is 2. The minimum atomic E-state index is -0.602. The fourth-order valence-corrected chi connectivity index (χ4v) is 3.13. The molecule has 3 aromatic rings. The van der Waals surface area contributed by atoms with Crippen LogP contribution in [-0.4, -0.2) is 15.1 Å². The number of aryl methyl sites for hydroxylation is 2. The number of rotatable bonds is 2. The van der Waals surface area contributed by atoms with Crippen molar-refractivity contribution in [2.75, 3.05) is 0 Å². The molecule has 1 N–H and O–H groups in total. The third-order valence-electron chi connectivity index (χ3n) is 2.77. The van der Waals surface area contributed by atoms with E-state index in [2.05, 4.69) is 9.97 Å². The second-order valence-electron chi connectivity index (χ2n) is 4.39. The van der Waals surface area contributed by atoms with E-state index in [1.165, 1.54) is 11.3 Å². The maximum Gasteiger partial charge on any atom is 0.115 e. The van der Waals surface area contributed by atoms with Gasteiger partial charge in [-0.15, -0.1) is 22.7 Å². The summed E-state index contributed by atoms with van der Waals surface area (Å²) in [7, 11) is 0. The predicted octanol–water partition coefficient (Wildman–Crippen LogP) is 4.64. The van der Waals surface area contributed by atoms with E-state index in [4.69, 9.17) is 11.6 Å². The van der Waals surface area contributed by atoms with Crippen LogP contribution in [0.25, 0.3) is 0 Å². The van der Waals surface area contributed by atoms with Gasteiger partial charge in [-0.1, -0.05) is 23.7 Å². The fourth-order valence-electron chi connectivity index (χ4n) is 1.64. The number of hydrogen-bond donors (Lipinski definition) is 1. The Morgan fingerprint density at radius 3 is 2.24 bits per heavy atom. The molecule has 1 atom stereocenters. The fraction of sp³-hybridized carbons (Fsp3) is 0.200. The molecule has 0 radical (unpaired) electrons. The van der Waals surface area contributed by atoms with Crippen molar-refractivity contribution >= 4 is 34.3 Å². The Kier molecular flexibility index (Phi) is 5.87. The van der Waals surface area contributed by atoms with Crippen LogP contribution < -0.4 is 0 Å². The van der Waals surface area contributed by atoms with Gasteiger partial charge < -0.3 is 5.11 Å². The van der Waals surface area contributed by atoms with Crippen LogP contribution in [0.5, 0.6) is 0 Å². The van der Waals surface area contributed by atoms with Gasteiger partial charge in [-0.25, -0.2) is 4.98 Å². The van der Waals surface area contributed by atoms with Gasteiger partial charge in [0.15, 0.2) is 0 Å². The zero-order chi connectivity index (χ0) is 15.2. The van der Waals surface area contributed by atoms with E-state index in [-0.39, 0.29) is 0 Å². The van der Waals surface area contributed by atoms with Crippen molar-refractivity contribution in [1.82, 2.24) is 9.97 Å². The highest BCUT2D eigenvalue weighted by atomic mass is 35.5. The molecular weight excluding hydrogens is 324 g/mol. The maximum atomic E-state index is 10.1. The van der Waals surface area contributed by atoms with E-state index in [9.17, 15) is 5.11 Å². The van der Waals surface area contributed by atoms with Crippen molar-refractivity contribution in [3.8, 4) is 0 Å². The zero-order valence-electron chi connectivity index (χ0n) is 11.7. The van der Waals surface area contributed by atoms with Crippen LogP contribution in [0.3, 0.4) is 0 Å². The molecule has 0 fully saturated rings. The Morgan fingerprint density at radius 2 is 1.81 bits per heavy atom. The first-order valence-electron chi connectivity index (χ1n) is 6.26. The van der Waals surface area contributed by atoms with Crippen LogP contribution >= 0.6 is 34.3 Å². The maximum absolute atomic E-state index is 10.1. The number of nitrogens with zero attached hydrogens (tertiary/aromatic N) is 2. The number of hydrogen-bond acceptors (Lipinski definition) is 5. The molecule has 3 nitrogen and oxygen atoms in total. The van der Waals surface area contributed by atoms with Gasteiger partial charge in [0.2, 0.25) is 0 Å². The van der Waals surface area contributed by atoms with E-state index in [1.807, 2.05) is 36.9 Å². The van der Waals surface area contributed by atoms with Crippen molar-refractivity contribution in [3.63, 3.8) is 0 Å². The Balaban J connectivity index is 0.000000225. The minimum absolute atomic E-state index is 0.602. The van der Waals surface area contributed by atoms with Crippen LogP contribution in [-0.2, 0) is 0 Å². The highest BCUT2D eigenvalue weighted by Gasteiger charge is 2.14. The van der Waals surface area contributed by atoms with Crippen LogP contribution in [0.2, 0.25) is 5.02 Å². The van der Waals surface area contributed by atoms with E-state index in [0.717, 1.165) is 21.8 Å². The van der Waals surface area contributed by atoms with E-state index >= 15 is 0 Å². The minimum Gasteiger partial charge on any atom is -0.383 e. The Labute approximate surface area is 136 Å². The van der Waals surface area contributed by atoms with Gasteiger partial charge in [0, 0.05) is 16.1 Å². The highest BCUT2D eigenvalue weighted by Crippen LogP contribution is 2.28. The molecule has 2 heterocycles. The summed E-state index contributed by atoms with van der Waals surface area (Å²) >= 11 is 8.87. The van der Waals surface area contributed by atoms with Crippen molar-refractivity contribution in [1.29, 1.82) is 0 Å². The summed E-state index contributed by atoms with van der Waals surface area (Å²) in [6.45, 7) is 3.88. The zero-order valence-corrected chi connectivity index (χ0v) is 14.0. The van der Waals surface area contributed by atoms with Crippen LogP contribution in [0.15, 0.2) is 40.7 Å². The molecule has 0 saturated heterocycles. The second-order valence-corrected chi connectivity index (χ2v) is 6.43. The molecule has 6 heteroatoms. The predicted molar refractivity (Wildman–Crippen MR) is 89.2 cm³/mol. The molecule has 0 spiro atoms. The van der Waals surface area contributed by atoms with Crippen LogP contribution in [0.4, 0.5) is 0 Å². The van der Waals surface area contributed by atoms with Crippen molar-refractivity contribution < 1.29 is 5.11 Å². The topological polar surface area (TPSA) is 46.0 Å². The second kappa shape index (κ2) is 7.66. The van der Waals surface area contributed by atoms with Crippen molar-refractivity contribution in [2.24, 2.45) is 0 Å². The van der Waals surface area contributed by atoms with E-state index in [1.54, 1.807) is 29.0 Å². The third-order valence-corrected chi connectivity index (χ3v) is 4.71. The first-order valence-corrected chi connectivity index (χ1v) is 8.46. The summed E-state index contributed by atoms with van der Waals surface area (Å²) in [5, 5.41) is 12.8. The lowest BCUT2D eigenvalue weighted by atomic mass is 10.1. The summed E-state index contributed by atoms with van der Waals surface area (Å²) in [5.41, 5.74) is 6.40. The number of benzene rings is 1. The summed E-state index contributed by atoms with van der Waals surface area (Å²) in [4.78, 5) is 8.93. The largest absolute Gasteiger partial charge is 0.383 e. The average molecular weight is 339 g/mol. The van der Waals surface area contributed by atoms with E-state index < -0.39 is 6.10 Å². The number of halogens is 1. The van der Waals surface area contributed by atoms with Crippen molar-refractivity contribution in [2.45, 2.75) is 20.0 Å². The summed E-state index contributed by atoms with van der Waals surface area (Å²) in [6, 6.07) is 7.20. The number of aliphatic hydroxyl groups is 1. The molecule has 1 aromatic carbocycles.